The molecule has 0 amide bonds. The van der Waals surface area contributed by atoms with Crippen molar-refractivity contribution in [3.8, 4) is 5.69 Å². The van der Waals surface area contributed by atoms with Crippen LogP contribution in [0.2, 0.25) is 0 Å². The number of nitrogens with zero attached hydrogens (tertiary/aromatic N) is 3. The minimum Gasteiger partial charge on any atom is -0.462 e. The van der Waals surface area contributed by atoms with Crippen LogP contribution in [0.15, 0.2) is 54.6 Å². The normalized spacial score (nSPS) is 11.1. The van der Waals surface area contributed by atoms with Gasteiger partial charge in [-0.1, -0.05) is 38.8 Å². The van der Waals surface area contributed by atoms with Gasteiger partial charge in [0.1, 0.15) is 11.2 Å². The van der Waals surface area contributed by atoms with E-state index in [9.17, 15) is 9.59 Å². The zero-order chi connectivity index (χ0) is 23.2. The molecule has 0 aliphatic heterocycles. The van der Waals surface area contributed by atoms with Gasteiger partial charge in [0, 0.05) is 5.69 Å². The van der Waals surface area contributed by atoms with Gasteiger partial charge in [-0.3, -0.25) is 4.57 Å². The number of ether oxygens (including phenoxy) is 2. The topological polar surface area (TPSA) is 83.3 Å². The lowest BCUT2D eigenvalue weighted by Crippen LogP contribution is -2.12. The van der Waals surface area contributed by atoms with E-state index >= 15 is 0 Å². The third-order valence-electron chi connectivity index (χ3n) is 5.34. The molecule has 33 heavy (non-hydrogen) atoms. The number of aromatic nitrogens is 3. The Bertz CT molecular complexity index is 1280. The van der Waals surface area contributed by atoms with E-state index in [1.54, 1.807) is 34.9 Å². The van der Waals surface area contributed by atoms with E-state index in [4.69, 9.17) is 14.5 Å². The van der Waals surface area contributed by atoms with Gasteiger partial charge >= 0.3 is 11.9 Å². The first-order valence-corrected chi connectivity index (χ1v) is 11.3. The predicted octanol–water partition coefficient (Wildman–Crippen LogP) is 5.49. The second-order valence-electron chi connectivity index (χ2n) is 7.81. The number of fused-ring (bicyclic) bond motifs is 2. The first-order chi connectivity index (χ1) is 16.1. The molecule has 2 aromatic heterocycles. The molecule has 2 aromatic carbocycles. The Balaban J connectivity index is 1.75. The summed E-state index contributed by atoms with van der Waals surface area (Å²) in [4.78, 5) is 34.6. The molecule has 0 bridgehead atoms. The van der Waals surface area contributed by atoms with Gasteiger partial charge in [0.25, 0.3) is 0 Å². The highest BCUT2D eigenvalue weighted by molar-refractivity contribution is 5.97. The van der Waals surface area contributed by atoms with Crippen LogP contribution in [0, 0.1) is 0 Å². The lowest BCUT2D eigenvalue weighted by Gasteiger charge is -2.11. The lowest BCUT2D eigenvalue weighted by molar-refractivity contribution is 0.0484. The zero-order valence-corrected chi connectivity index (χ0v) is 18.9. The molecule has 0 spiro atoms. The van der Waals surface area contributed by atoms with Gasteiger partial charge in [-0.05, 0) is 55.3 Å². The van der Waals surface area contributed by atoms with Crippen molar-refractivity contribution in [3.63, 3.8) is 0 Å². The van der Waals surface area contributed by atoms with E-state index in [1.807, 2.05) is 38.1 Å². The number of para-hydroxylation sites is 2. The fraction of sp³-hybridized carbons (Fsp3) is 0.308. The van der Waals surface area contributed by atoms with Gasteiger partial charge in [-0.2, -0.15) is 0 Å². The monoisotopic (exact) mass is 445 g/mol. The predicted molar refractivity (Wildman–Crippen MR) is 127 cm³/mol. The molecule has 0 unspecified atom stereocenters. The van der Waals surface area contributed by atoms with Crippen molar-refractivity contribution in [2.45, 2.75) is 39.5 Å². The molecule has 0 aliphatic rings. The number of esters is 2. The molecule has 0 radical (unpaired) electrons. The van der Waals surface area contributed by atoms with E-state index in [2.05, 4.69) is 4.98 Å². The highest BCUT2D eigenvalue weighted by Gasteiger charge is 2.21. The van der Waals surface area contributed by atoms with Gasteiger partial charge in [0.2, 0.25) is 0 Å². The Labute approximate surface area is 192 Å². The molecule has 0 fully saturated rings. The van der Waals surface area contributed by atoms with Crippen molar-refractivity contribution in [2.75, 3.05) is 13.2 Å². The number of unbranched alkanes of at least 4 members (excludes halogenated alkanes) is 2. The molecule has 4 aromatic rings. The standard InChI is InChI=1S/C26H27N3O4/c1-3-5-15-32-25(30)18-11-13-19(14-12-18)29-23(26(31)33-16-6-4-2)17-22-24(29)28-21-10-8-7-9-20(21)27-22/h7-14,17H,3-6,15-16H2,1-2H3. The van der Waals surface area contributed by atoms with Gasteiger partial charge in [0.15, 0.2) is 5.65 Å². The van der Waals surface area contributed by atoms with Crippen molar-refractivity contribution < 1.29 is 19.1 Å². The molecule has 7 nitrogen and oxygen atoms in total. The van der Waals surface area contributed by atoms with E-state index in [0.29, 0.717) is 41.3 Å². The van der Waals surface area contributed by atoms with Crippen LogP contribution in [0.5, 0.6) is 0 Å². The first kappa shape index (κ1) is 22.5. The summed E-state index contributed by atoms with van der Waals surface area (Å²) in [5, 5.41) is 0. The number of carbonyl (C=O) groups is 2. The van der Waals surface area contributed by atoms with Gasteiger partial charge in [-0.25, -0.2) is 19.6 Å². The van der Waals surface area contributed by atoms with Gasteiger partial charge in [-0.15, -0.1) is 0 Å². The molecule has 0 saturated heterocycles. The highest BCUT2D eigenvalue weighted by atomic mass is 16.5. The fourth-order valence-corrected chi connectivity index (χ4v) is 3.51. The summed E-state index contributed by atoms with van der Waals surface area (Å²) in [7, 11) is 0. The van der Waals surface area contributed by atoms with Crippen LogP contribution in [0.3, 0.4) is 0 Å². The average molecular weight is 446 g/mol. The first-order valence-electron chi connectivity index (χ1n) is 11.3. The number of hydrogen-bond acceptors (Lipinski definition) is 6. The molecule has 4 rings (SSSR count). The molecule has 0 aliphatic carbocycles. The Kier molecular flexibility index (Phi) is 6.98. The summed E-state index contributed by atoms with van der Waals surface area (Å²) in [6.45, 7) is 4.83. The van der Waals surface area contributed by atoms with Crippen LogP contribution in [0.4, 0.5) is 0 Å². The average Bonchev–Trinajstić information content (AvgIpc) is 3.21. The van der Waals surface area contributed by atoms with Crippen molar-refractivity contribution in [2.24, 2.45) is 0 Å². The van der Waals surface area contributed by atoms with E-state index in [0.717, 1.165) is 36.7 Å². The Hall–Kier alpha value is -3.74. The third kappa shape index (κ3) is 4.87. The molecule has 0 atom stereocenters. The summed E-state index contributed by atoms with van der Waals surface area (Å²) in [6.07, 6.45) is 3.51. The largest absolute Gasteiger partial charge is 0.462 e. The number of hydrogen-bond donors (Lipinski definition) is 0. The minimum absolute atomic E-state index is 0.342. The summed E-state index contributed by atoms with van der Waals surface area (Å²) in [5.74, 6) is -0.798. The molecule has 0 saturated carbocycles. The van der Waals surface area contributed by atoms with Crippen LogP contribution < -0.4 is 0 Å². The summed E-state index contributed by atoms with van der Waals surface area (Å²) >= 11 is 0. The molecular formula is C26H27N3O4. The summed E-state index contributed by atoms with van der Waals surface area (Å²) in [6, 6.07) is 16.2. The third-order valence-corrected chi connectivity index (χ3v) is 5.34. The SMILES string of the molecule is CCCCOC(=O)c1ccc(-n2c(C(=O)OCCCC)cc3nc4ccccc4nc32)cc1. The lowest BCUT2D eigenvalue weighted by atomic mass is 10.2. The van der Waals surface area contributed by atoms with Gasteiger partial charge < -0.3 is 9.47 Å². The van der Waals surface area contributed by atoms with Crippen molar-refractivity contribution in [1.29, 1.82) is 0 Å². The molecule has 170 valence electrons. The quantitative estimate of drug-likeness (QED) is 0.250. The molecule has 7 heteroatoms. The minimum atomic E-state index is -0.435. The van der Waals surface area contributed by atoms with Crippen LogP contribution in [0.1, 0.15) is 60.4 Å². The van der Waals surface area contributed by atoms with Crippen molar-refractivity contribution in [3.05, 3.63) is 65.9 Å². The maximum Gasteiger partial charge on any atom is 0.355 e. The Morgan fingerprint density at radius 2 is 1.39 bits per heavy atom. The van der Waals surface area contributed by atoms with E-state index in [1.165, 1.54) is 0 Å². The summed E-state index contributed by atoms with van der Waals surface area (Å²) < 4.78 is 12.5. The van der Waals surface area contributed by atoms with Crippen LogP contribution in [-0.2, 0) is 9.47 Å². The molecule has 2 heterocycles. The van der Waals surface area contributed by atoms with E-state index < -0.39 is 5.97 Å². The second kappa shape index (κ2) is 10.3. The zero-order valence-electron chi connectivity index (χ0n) is 18.9. The smallest absolute Gasteiger partial charge is 0.355 e. The van der Waals surface area contributed by atoms with Crippen molar-refractivity contribution in [1.82, 2.24) is 14.5 Å². The Morgan fingerprint density at radius 1 is 0.788 bits per heavy atom. The Morgan fingerprint density at radius 3 is 2.03 bits per heavy atom. The number of benzene rings is 2. The molecule has 0 N–H and O–H groups in total. The highest BCUT2D eigenvalue weighted by Crippen LogP contribution is 2.25. The van der Waals surface area contributed by atoms with Crippen molar-refractivity contribution >= 4 is 34.1 Å². The molecular weight excluding hydrogens is 418 g/mol. The maximum atomic E-state index is 12.9. The summed E-state index contributed by atoms with van der Waals surface area (Å²) in [5.41, 5.74) is 4.10. The van der Waals surface area contributed by atoms with Crippen LogP contribution >= 0.6 is 0 Å². The fourth-order valence-electron chi connectivity index (χ4n) is 3.51. The van der Waals surface area contributed by atoms with E-state index in [-0.39, 0.29) is 5.97 Å². The maximum absolute atomic E-state index is 12.9. The van der Waals surface area contributed by atoms with Crippen LogP contribution in [0.25, 0.3) is 27.9 Å². The second-order valence-corrected chi connectivity index (χ2v) is 7.81. The van der Waals surface area contributed by atoms with Gasteiger partial charge in [0.05, 0.1) is 29.8 Å². The number of rotatable bonds is 9. The number of carbonyl (C=O) groups excluding carboxylic acids is 2. The van der Waals surface area contributed by atoms with Crippen LogP contribution in [-0.4, -0.2) is 39.7 Å².